The summed E-state index contributed by atoms with van der Waals surface area (Å²) >= 11 is 1.88. The van der Waals surface area contributed by atoms with Gasteiger partial charge in [-0.25, -0.2) is 9.97 Å². The Kier molecular flexibility index (Phi) is 4.87. The molecule has 3 nitrogen and oxygen atoms in total. The maximum atomic E-state index is 5.42. The van der Waals surface area contributed by atoms with Crippen molar-refractivity contribution in [2.45, 2.75) is 0 Å². The smallest absolute Gasteiger partial charge is 0.235 e. The van der Waals surface area contributed by atoms with Crippen LogP contribution in [0.2, 0.25) is 0 Å². The molecule has 0 fully saturated rings. The van der Waals surface area contributed by atoms with E-state index in [1.165, 1.54) is 47.1 Å². The molecule has 0 amide bonds. The summed E-state index contributed by atoms with van der Waals surface area (Å²) < 4.78 is 4.94. The predicted molar refractivity (Wildman–Crippen MR) is 187 cm³/mol. The topological polar surface area (TPSA) is 30.7 Å². The third-order valence-electron chi connectivity index (χ3n) is 8.97. The lowest BCUT2D eigenvalue weighted by atomic mass is 10.00. The molecule has 0 bridgehead atoms. The largest absolute Gasteiger partial charge is 0.277 e. The van der Waals surface area contributed by atoms with Crippen LogP contribution in [0.25, 0.3) is 91.6 Å². The van der Waals surface area contributed by atoms with Crippen LogP contribution in [0.4, 0.5) is 0 Å². The Morgan fingerprint density at radius 1 is 0.477 bits per heavy atom. The molecule has 0 aliphatic rings. The van der Waals surface area contributed by atoms with E-state index >= 15 is 0 Å². The van der Waals surface area contributed by atoms with Crippen molar-refractivity contribution in [3.05, 3.63) is 140 Å². The number of rotatable bonds is 2. The van der Waals surface area contributed by atoms with Crippen molar-refractivity contribution in [1.29, 1.82) is 0 Å². The summed E-state index contributed by atoms with van der Waals surface area (Å²) in [6, 6.07) is 49.7. The lowest BCUT2D eigenvalue weighted by molar-refractivity contribution is 1.02. The minimum absolute atomic E-state index is 0.683. The van der Waals surface area contributed by atoms with E-state index in [1.807, 2.05) is 11.3 Å². The maximum Gasteiger partial charge on any atom is 0.235 e. The molecule has 3 aromatic heterocycles. The zero-order valence-corrected chi connectivity index (χ0v) is 24.3. The second-order valence-electron chi connectivity index (χ2n) is 11.3. The predicted octanol–water partition coefficient (Wildman–Crippen LogP) is 11.1. The second kappa shape index (κ2) is 8.96. The standard InChI is InChI=1S/C40H23N3S/c1-2-13-25(14-3-1)36-31-23-22-24-12-4-5-15-26(24)37(31)42-40(41-36)43-32-20-10-8-18-29(32)34-35-30-19-9-11-21-33(30)44-39(35)28-17-7-6-16-27(28)38(34)43/h1-23H. The fraction of sp³-hybridized carbons (Fsp3) is 0. The van der Waals surface area contributed by atoms with Crippen molar-refractivity contribution < 1.29 is 0 Å². The van der Waals surface area contributed by atoms with E-state index in [9.17, 15) is 0 Å². The minimum atomic E-state index is 0.683. The number of hydrogen-bond donors (Lipinski definition) is 0. The number of para-hydroxylation sites is 1. The second-order valence-corrected chi connectivity index (χ2v) is 12.4. The molecule has 0 atom stereocenters. The van der Waals surface area contributed by atoms with Crippen LogP contribution >= 0.6 is 11.3 Å². The zero-order chi connectivity index (χ0) is 28.8. The Morgan fingerprint density at radius 2 is 1.16 bits per heavy atom. The lowest BCUT2D eigenvalue weighted by Crippen LogP contribution is -2.04. The Labute approximate surface area is 256 Å². The molecule has 44 heavy (non-hydrogen) atoms. The van der Waals surface area contributed by atoms with Gasteiger partial charge >= 0.3 is 0 Å². The fourth-order valence-electron chi connectivity index (χ4n) is 7.09. The lowest BCUT2D eigenvalue weighted by Gasteiger charge is -2.14. The van der Waals surface area contributed by atoms with Crippen molar-refractivity contribution >= 4 is 85.8 Å². The van der Waals surface area contributed by atoms with Crippen LogP contribution in [-0.2, 0) is 0 Å². The molecule has 7 aromatic carbocycles. The number of benzene rings is 7. The summed E-state index contributed by atoms with van der Waals surface area (Å²) in [4.78, 5) is 10.8. The highest BCUT2D eigenvalue weighted by Crippen LogP contribution is 2.48. The third kappa shape index (κ3) is 3.20. The van der Waals surface area contributed by atoms with E-state index in [4.69, 9.17) is 9.97 Å². The van der Waals surface area contributed by atoms with Crippen LogP contribution < -0.4 is 0 Å². The third-order valence-corrected chi connectivity index (χ3v) is 10.2. The van der Waals surface area contributed by atoms with Crippen molar-refractivity contribution in [3.63, 3.8) is 0 Å². The molecule has 0 saturated carbocycles. The molecule has 0 radical (unpaired) electrons. The van der Waals surface area contributed by atoms with Crippen molar-refractivity contribution in [2.75, 3.05) is 0 Å². The van der Waals surface area contributed by atoms with Gasteiger partial charge in [-0.1, -0.05) is 121 Å². The van der Waals surface area contributed by atoms with Gasteiger partial charge in [-0.3, -0.25) is 4.57 Å². The molecule has 0 aliphatic heterocycles. The number of nitrogens with zero attached hydrogens (tertiary/aromatic N) is 3. The molecule has 204 valence electrons. The van der Waals surface area contributed by atoms with Gasteiger partial charge in [-0.15, -0.1) is 11.3 Å². The maximum absolute atomic E-state index is 5.42. The van der Waals surface area contributed by atoms with Crippen LogP contribution in [0.3, 0.4) is 0 Å². The highest BCUT2D eigenvalue weighted by Gasteiger charge is 2.23. The number of hydrogen-bond acceptors (Lipinski definition) is 3. The SMILES string of the molecule is c1ccc(-c2nc(-n3c4ccccc4c4c5c6ccccc6sc5c5ccccc5c43)nc3c2ccc2ccccc23)cc1. The Hall–Kier alpha value is -5.58. The Bertz CT molecular complexity index is 2770. The molecular formula is C40H23N3S. The van der Waals surface area contributed by atoms with E-state index in [1.54, 1.807) is 0 Å². The van der Waals surface area contributed by atoms with Gasteiger partial charge in [0.25, 0.3) is 0 Å². The molecule has 4 heteroatoms. The summed E-state index contributed by atoms with van der Waals surface area (Å²) in [6.45, 7) is 0. The molecule has 0 spiro atoms. The molecule has 0 saturated heterocycles. The Morgan fingerprint density at radius 3 is 2.02 bits per heavy atom. The summed E-state index contributed by atoms with van der Waals surface area (Å²) in [5, 5.41) is 10.9. The van der Waals surface area contributed by atoms with Gasteiger partial charge in [0.1, 0.15) is 0 Å². The highest BCUT2D eigenvalue weighted by molar-refractivity contribution is 7.27. The molecule has 0 N–H and O–H groups in total. The molecule has 3 heterocycles. The van der Waals surface area contributed by atoms with Crippen molar-refractivity contribution in [3.8, 4) is 17.2 Å². The van der Waals surface area contributed by atoms with E-state index in [0.717, 1.165) is 38.6 Å². The van der Waals surface area contributed by atoms with Crippen LogP contribution in [0.5, 0.6) is 0 Å². The summed E-state index contributed by atoms with van der Waals surface area (Å²) in [7, 11) is 0. The highest BCUT2D eigenvalue weighted by atomic mass is 32.1. The minimum Gasteiger partial charge on any atom is -0.277 e. The van der Waals surface area contributed by atoms with Crippen LogP contribution in [0, 0.1) is 0 Å². The van der Waals surface area contributed by atoms with E-state index in [-0.39, 0.29) is 0 Å². The normalized spacial score (nSPS) is 12.1. The van der Waals surface area contributed by atoms with Gasteiger partial charge in [-0.2, -0.15) is 0 Å². The van der Waals surface area contributed by atoms with Crippen LogP contribution in [0.1, 0.15) is 0 Å². The van der Waals surface area contributed by atoms with Gasteiger partial charge in [-0.05, 0) is 23.6 Å². The van der Waals surface area contributed by atoms with Gasteiger partial charge in [0.2, 0.25) is 5.95 Å². The summed E-state index contributed by atoms with van der Waals surface area (Å²) in [6.07, 6.45) is 0. The first-order valence-electron chi connectivity index (χ1n) is 14.9. The molecule has 0 aliphatic carbocycles. The zero-order valence-electron chi connectivity index (χ0n) is 23.5. The van der Waals surface area contributed by atoms with Crippen LogP contribution in [0.15, 0.2) is 140 Å². The molecule has 0 unspecified atom stereocenters. The van der Waals surface area contributed by atoms with Gasteiger partial charge in [0.15, 0.2) is 0 Å². The number of aromatic nitrogens is 3. The van der Waals surface area contributed by atoms with E-state index in [0.29, 0.717) is 5.95 Å². The first-order valence-corrected chi connectivity index (χ1v) is 15.7. The first kappa shape index (κ1) is 23.9. The van der Waals surface area contributed by atoms with Crippen molar-refractivity contribution in [2.24, 2.45) is 0 Å². The van der Waals surface area contributed by atoms with Gasteiger partial charge in [0, 0.05) is 58.1 Å². The fourth-order valence-corrected chi connectivity index (χ4v) is 8.34. The quantitative estimate of drug-likeness (QED) is 0.191. The monoisotopic (exact) mass is 577 g/mol. The molecule has 10 aromatic rings. The molecular weight excluding hydrogens is 555 g/mol. The van der Waals surface area contributed by atoms with E-state index in [2.05, 4.69) is 144 Å². The number of fused-ring (bicyclic) bond motifs is 13. The van der Waals surface area contributed by atoms with Gasteiger partial charge < -0.3 is 0 Å². The number of thiophene rings is 1. The molecule has 10 rings (SSSR count). The average Bonchev–Trinajstić information content (AvgIpc) is 3.65. The van der Waals surface area contributed by atoms with Gasteiger partial charge in [0.05, 0.1) is 22.2 Å². The summed E-state index contributed by atoms with van der Waals surface area (Å²) in [5.41, 5.74) is 5.23. The van der Waals surface area contributed by atoms with E-state index < -0.39 is 0 Å². The summed E-state index contributed by atoms with van der Waals surface area (Å²) in [5.74, 6) is 0.683. The van der Waals surface area contributed by atoms with Crippen LogP contribution in [-0.4, -0.2) is 14.5 Å². The first-order chi connectivity index (χ1) is 21.8. The average molecular weight is 578 g/mol. The Balaban J connectivity index is 1.47. The van der Waals surface area contributed by atoms with Crippen molar-refractivity contribution in [1.82, 2.24) is 14.5 Å².